The lowest BCUT2D eigenvalue weighted by atomic mass is 9.84. The van der Waals surface area contributed by atoms with Crippen molar-refractivity contribution in [3.63, 3.8) is 0 Å². The molecule has 0 saturated carbocycles. The lowest BCUT2D eigenvalue weighted by molar-refractivity contribution is -0.276. The first-order chi connectivity index (χ1) is 18.6. The Labute approximate surface area is 219 Å². The fourth-order valence-corrected chi connectivity index (χ4v) is 4.60. The third-order valence-electron chi connectivity index (χ3n) is 6.81. The topological polar surface area (TPSA) is 59.7 Å². The molecule has 2 aliphatic heterocycles. The molecular weight excluding hydrogens is 559 g/mol. The molecule has 0 bridgehead atoms. The highest BCUT2D eigenvalue weighted by molar-refractivity contribution is 6.02. The smallest absolute Gasteiger partial charge is 0.374 e. The summed E-state index contributed by atoms with van der Waals surface area (Å²) in [6, 6.07) is 6.50. The highest BCUT2D eigenvalue weighted by Crippen LogP contribution is 2.50. The van der Waals surface area contributed by atoms with Gasteiger partial charge in [-0.05, 0) is 29.3 Å². The fraction of sp³-hybridized carbons (Fsp3) is 0.320. The van der Waals surface area contributed by atoms with E-state index in [0.717, 1.165) is 0 Å². The van der Waals surface area contributed by atoms with Gasteiger partial charge in [0.05, 0.1) is 24.4 Å². The first kappa shape index (κ1) is 27.5. The van der Waals surface area contributed by atoms with Crippen LogP contribution in [-0.2, 0) is 33.6 Å². The molecular formula is C25H17F9N4O2. The van der Waals surface area contributed by atoms with Gasteiger partial charge >= 0.3 is 12.4 Å². The largest absolute Gasteiger partial charge is 0.435 e. The summed E-state index contributed by atoms with van der Waals surface area (Å²) in [7, 11) is 0. The number of amides is 1. The van der Waals surface area contributed by atoms with E-state index < -0.39 is 52.8 Å². The number of likely N-dealkylation sites (tertiary alicyclic amines) is 1. The molecule has 5 rings (SSSR count). The van der Waals surface area contributed by atoms with Crippen LogP contribution in [0, 0.1) is 11.6 Å². The molecule has 2 aliphatic rings. The van der Waals surface area contributed by atoms with Gasteiger partial charge in [0, 0.05) is 24.4 Å². The van der Waals surface area contributed by atoms with E-state index >= 15 is 4.39 Å². The van der Waals surface area contributed by atoms with E-state index in [1.165, 1.54) is 40.0 Å². The Kier molecular flexibility index (Phi) is 6.38. The molecule has 40 heavy (non-hydrogen) atoms. The average Bonchev–Trinajstić information content (AvgIpc) is 3.54. The Morgan fingerprint density at radius 2 is 1.68 bits per heavy atom. The Bertz CT molecular complexity index is 1460. The van der Waals surface area contributed by atoms with Crippen LogP contribution in [0.2, 0.25) is 0 Å². The Morgan fingerprint density at radius 1 is 1.00 bits per heavy atom. The predicted octanol–water partition coefficient (Wildman–Crippen LogP) is 5.47. The number of alkyl halides is 7. The van der Waals surface area contributed by atoms with Gasteiger partial charge in [-0.2, -0.15) is 31.4 Å². The SMILES string of the molecule is O=C(Cn1cccn1)N1CC(F)(c2ccc(C3=NOC(c4cc(F)c(F)c(C(F)(F)F)c4)(C(F)(F)F)C3)cc2)C1. The third kappa shape index (κ3) is 4.66. The van der Waals surface area contributed by atoms with Crippen LogP contribution in [0.25, 0.3) is 0 Å². The summed E-state index contributed by atoms with van der Waals surface area (Å²) in [5, 5.41) is 7.29. The molecule has 2 aromatic carbocycles. The van der Waals surface area contributed by atoms with E-state index in [2.05, 4.69) is 15.1 Å². The molecule has 1 aromatic heterocycles. The van der Waals surface area contributed by atoms with Crippen molar-refractivity contribution < 1.29 is 49.1 Å². The number of halogens is 9. The number of rotatable bonds is 5. The van der Waals surface area contributed by atoms with Gasteiger partial charge in [0.15, 0.2) is 17.3 Å². The van der Waals surface area contributed by atoms with Crippen molar-refractivity contribution in [2.75, 3.05) is 13.1 Å². The van der Waals surface area contributed by atoms with Crippen molar-refractivity contribution in [3.8, 4) is 0 Å². The number of benzene rings is 2. The Hall–Kier alpha value is -4.04. The zero-order valence-electron chi connectivity index (χ0n) is 20.0. The van der Waals surface area contributed by atoms with Crippen molar-refractivity contribution in [2.24, 2.45) is 5.16 Å². The summed E-state index contributed by atoms with van der Waals surface area (Å²) in [4.78, 5) is 18.2. The molecule has 15 heteroatoms. The van der Waals surface area contributed by atoms with Crippen LogP contribution in [0.3, 0.4) is 0 Å². The number of hydrogen-bond donors (Lipinski definition) is 0. The molecule has 6 nitrogen and oxygen atoms in total. The van der Waals surface area contributed by atoms with Gasteiger partial charge in [0.1, 0.15) is 6.54 Å². The van der Waals surface area contributed by atoms with E-state index in [4.69, 9.17) is 0 Å². The molecule has 3 aromatic rings. The molecule has 0 spiro atoms. The van der Waals surface area contributed by atoms with Gasteiger partial charge in [-0.15, -0.1) is 0 Å². The number of carbonyl (C=O) groups excluding carboxylic acids is 1. The summed E-state index contributed by atoms with van der Waals surface area (Å²) in [5.41, 5.74) is -9.18. The molecule has 1 fully saturated rings. The van der Waals surface area contributed by atoms with Crippen LogP contribution < -0.4 is 0 Å². The maximum absolute atomic E-state index is 15.4. The second kappa shape index (κ2) is 9.27. The molecule has 0 aliphatic carbocycles. The summed E-state index contributed by atoms with van der Waals surface area (Å²) in [5.74, 6) is -4.85. The monoisotopic (exact) mass is 576 g/mol. The average molecular weight is 576 g/mol. The second-order valence-electron chi connectivity index (χ2n) is 9.44. The van der Waals surface area contributed by atoms with Gasteiger partial charge in [-0.1, -0.05) is 29.4 Å². The first-order valence-corrected chi connectivity index (χ1v) is 11.6. The molecule has 3 heterocycles. The van der Waals surface area contributed by atoms with Crippen molar-refractivity contribution >= 4 is 11.6 Å². The van der Waals surface area contributed by atoms with Gasteiger partial charge < -0.3 is 9.74 Å². The van der Waals surface area contributed by atoms with Crippen LogP contribution in [0.1, 0.15) is 28.7 Å². The number of oxime groups is 1. The maximum atomic E-state index is 15.4. The highest BCUT2D eigenvalue weighted by atomic mass is 19.4. The zero-order chi connectivity index (χ0) is 29.1. The number of carbonyl (C=O) groups is 1. The number of nitrogens with zero attached hydrogens (tertiary/aromatic N) is 4. The zero-order valence-corrected chi connectivity index (χ0v) is 20.0. The van der Waals surface area contributed by atoms with Gasteiger partial charge in [0.25, 0.3) is 5.60 Å². The summed E-state index contributed by atoms with van der Waals surface area (Å²) >= 11 is 0. The van der Waals surface area contributed by atoms with Crippen molar-refractivity contribution in [1.82, 2.24) is 14.7 Å². The van der Waals surface area contributed by atoms with Crippen LogP contribution in [0.15, 0.2) is 60.0 Å². The van der Waals surface area contributed by atoms with Crippen molar-refractivity contribution in [2.45, 2.75) is 36.6 Å². The third-order valence-corrected chi connectivity index (χ3v) is 6.81. The van der Waals surface area contributed by atoms with E-state index in [-0.39, 0.29) is 54.5 Å². The minimum absolute atomic E-state index is 0.0114. The van der Waals surface area contributed by atoms with Crippen LogP contribution in [-0.4, -0.2) is 45.6 Å². The molecule has 1 unspecified atom stereocenters. The van der Waals surface area contributed by atoms with Crippen molar-refractivity contribution in [3.05, 3.63) is 88.7 Å². The lowest BCUT2D eigenvalue weighted by Gasteiger charge is -2.44. The van der Waals surface area contributed by atoms with E-state index in [0.29, 0.717) is 0 Å². The van der Waals surface area contributed by atoms with Crippen LogP contribution >= 0.6 is 0 Å². The molecule has 0 radical (unpaired) electrons. The standard InChI is InChI=1S/C25H17F9N4O2/c26-18-9-16(8-17(21(18)27)24(29,30)31)23(25(32,33)34)10-19(36-40-23)14-2-4-15(5-3-14)22(28)12-37(13-22)20(39)11-38-7-1-6-35-38/h1-9H,10-13H2. The van der Waals surface area contributed by atoms with Gasteiger partial charge in [-0.25, -0.2) is 13.2 Å². The van der Waals surface area contributed by atoms with E-state index in [9.17, 15) is 39.9 Å². The molecule has 1 atom stereocenters. The highest BCUT2D eigenvalue weighted by Gasteiger charge is 2.63. The first-order valence-electron chi connectivity index (χ1n) is 11.6. The number of aromatic nitrogens is 2. The normalized spacial score (nSPS) is 20.6. The summed E-state index contributed by atoms with van der Waals surface area (Å²) < 4.78 is 126. The molecule has 0 N–H and O–H groups in total. The lowest BCUT2D eigenvalue weighted by Crippen LogP contribution is -2.59. The van der Waals surface area contributed by atoms with Crippen LogP contribution in [0.5, 0.6) is 0 Å². The quantitative estimate of drug-likeness (QED) is 0.379. The van der Waals surface area contributed by atoms with E-state index in [1.54, 1.807) is 12.3 Å². The Morgan fingerprint density at radius 3 is 2.25 bits per heavy atom. The van der Waals surface area contributed by atoms with Gasteiger partial charge in [-0.3, -0.25) is 9.48 Å². The molecule has 1 saturated heterocycles. The molecule has 1 amide bonds. The maximum Gasteiger partial charge on any atom is 0.435 e. The summed E-state index contributed by atoms with van der Waals surface area (Å²) in [6.45, 7) is -0.595. The van der Waals surface area contributed by atoms with E-state index in [1.807, 2.05) is 0 Å². The fourth-order valence-electron chi connectivity index (χ4n) is 4.60. The predicted molar refractivity (Wildman–Crippen MR) is 119 cm³/mol. The van der Waals surface area contributed by atoms with Crippen LogP contribution in [0.4, 0.5) is 39.5 Å². The molecule has 212 valence electrons. The Balaban J connectivity index is 1.34. The minimum Gasteiger partial charge on any atom is -0.374 e. The second-order valence-corrected chi connectivity index (χ2v) is 9.44. The summed E-state index contributed by atoms with van der Waals surface area (Å²) in [6.07, 6.45) is -8.96. The van der Waals surface area contributed by atoms with Crippen molar-refractivity contribution in [1.29, 1.82) is 0 Å². The van der Waals surface area contributed by atoms with Gasteiger partial charge in [0.2, 0.25) is 5.91 Å². The number of hydrogen-bond acceptors (Lipinski definition) is 4. The minimum atomic E-state index is -5.48.